The first kappa shape index (κ1) is 31.0. The first-order chi connectivity index (χ1) is 16.7. The summed E-state index contributed by atoms with van der Waals surface area (Å²) in [7, 11) is 0. The zero-order valence-electron chi connectivity index (χ0n) is 23.1. The summed E-state index contributed by atoms with van der Waals surface area (Å²) in [5.41, 5.74) is -6.71. The van der Waals surface area contributed by atoms with Gasteiger partial charge in [0.05, 0.1) is 37.5 Å². The van der Waals surface area contributed by atoms with Crippen molar-refractivity contribution in [3.63, 3.8) is 0 Å². The lowest BCUT2D eigenvalue weighted by Crippen LogP contribution is -3.14. The number of nitrogens with one attached hydrogen (secondary N) is 1. The Morgan fingerprint density at radius 2 is 1.78 bits per heavy atom. The van der Waals surface area contributed by atoms with E-state index in [0.717, 1.165) is 25.9 Å². The van der Waals surface area contributed by atoms with Gasteiger partial charge in [0.2, 0.25) is 0 Å². The number of aliphatic hydroxyl groups is 4. The first-order valence-electron chi connectivity index (χ1n) is 13.7. The molecule has 37 heavy (non-hydrogen) atoms. The summed E-state index contributed by atoms with van der Waals surface area (Å²) in [6, 6.07) is 0. The number of piperidine rings is 1. The van der Waals surface area contributed by atoms with E-state index in [1.54, 1.807) is 26.8 Å². The Labute approximate surface area is 227 Å². The van der Waals surface area contributed by atoms with Crippen LogP contribution in [-0.2, 0) is 14.3 Å². The Bertz CT molecular complexity index is 865. The topological polar surface area (TPSA) is 121 Å². The molecular formula is C28H48ClNO7. The van der Waals surface area contributed by atoms with Crippen LogP contribution in [0.2, 0.25) is 0 Å². The van der Waals surface area contributed by atoms with E-state index in [9.17, 15) is 25.2 Å². The fourth-order valence-electron chi connectivity index (χ4n) is 8.42. The van der Waals surface area contributed by atoms with Crippen LogP contribution in [0.1, 0.15) is 73.1 Å². The third kappa shape index (κ3) is 4.63. The number of quaternary nitrogens is 1. The highest BCUT2D eigenvalue weighted by Gasteiger charge is 2.80. The largest absolute Gasteiger partial charge is 1.00 e. The highest BCUT2D eigenvalue weighted by molar-refractivity contribution is 5.92. The summed E-state index contributed by atoms with van der Waals surface area (Å²) in [5, 5.41) is 46.6. The summed E-state index contributed by atoms with van der Waals surface area (Å²) in [4.78, 5) is 15.3. The van der Waals surface area contributed by atoms with Gasteiger partial charge >= 0.3 is 0 Å². The van der Waals surface area contributed by atoms with E-state index in [0.29, 0.717) is 19.4 Å². The number of carbonyl (C=O) groups excluding carboxylic acids is 1. The molecule has 4 rings (SSSR count). The van der Waals surface area contributed by atoms with Gasteiger partial charge in [-0.1, -0.05) is 26.8 Å². The van der Waals surface area contributed by atoms with Crippen LogP contribution in [0.5, 0.6) is 0 Å². The van der Waals surface area contributed by atoms with Gasteiger partial charge in [0.25, 0.3) is 0 Å². The normalized spacial score (nSPS) is 46.8. The molecule has 8 nitrogen and oxygen atoms in total. The average Bonchev–Trinajstić information content (AvgIpc) is 2.80. The second-order valence-corrected chi connectivity index (χ2v) is 13.3. The molecule has 9 heteroatoms. The minimum absolute atomic E-state index is 0. The molecule has 4 fully saturated rings. The number of hydrogen-bond donors (Lipinski definition) is 5. The zero-order valence-corrected chi connectivity index (χ0v) is 23.9. The van der Waals surface area contributed by atoms with E-state index in [4.69, 9.17) is 9.47 Å². The summed E-state index contributed by atoms with van der Waals surface area (Å²) in [6.07, 6.45) is 1.98. The number of ether oxygens (including phenoxy) is 2. The van der Waals surface area contributed by atoms with Gasteiger partial charge in [0.15, 0.2) is 11.4 Å². The second kappa shape index (κ2) is 10.4. The molecule has 0 amide bonds. The molecule has 0 aromatic carbocycles. The molecule has 9 atom stereocenters. The van der Waals surface area contributed by atoms with Gasteiger partial charge in [0.1, 0.15) is 24.4 Å². The van der Waals surface area contributed by atoms with Crippen LogP contribution in [0.25, 0.3) is 0 Å². The molecule has 5 N–H and O–H groups in total. The van der Waals surface area contributed by atoms with Crippen molar-refractivity contribution >= 4 is 5.78 Å². The van der Waals surface area contributed by atoms with Crippen molar-refractivity contribution in [2.75, 3.05) is 26.2 Å². The van der Waals surface area contributed by atoms with Crippen LogP contribution in [-0.4, -0.2) is 93.7 Å². The van der Waals surface area contributed by atoms with Gasteiger partial charge in [-0.25, -0.2) is 0 Å². The number of rotatable bonds is 6. The fraction of sp³-hybridized carbons (Fsp3) is 0.893. The minimum atomic E-state index is -2.11. The third-order valence-corrected chi connectivity index (χ3v) is 10.3. The Morgan fingerprint density at radius 1 is 1.16 bits per heavy atom. The summed E-state index contributed by atoms with van der Waals surface area (Å²) >= 11 is 0. The van der Waals surface area contributed by atoms with Crippen LogP contribution in [0.15, 0.2) is 12.7 Å². The van der Waals surface area contributed by atoms with Crippen molar-refractivity contribution in [1.82, 2.24) is 0 Å². The molecule has 0 aromatic rings. The molecule has 2 heterocycles. The first-order valence-corrected chi connectivity index (χ1v) is 13.7. The number of aliphatic hydroxyl groups excluding tert-OH is 3. The van der Waals surface area contributed by atoms with Crippen molar-refractivity contribution < 1.29 is 52.0 Å². The molecule has 4 aliphatic rings. The minimum Gasteiger partial charge on any atom is -1.00 e. The van der Waals surface area contributed by atoms with Crippen molar-refractivity contribution in [2.45, 2.75) is 114 Å². The van der Waals surface area contributed by atoms with Crippen LogP contribution < -0.4 is 17.3 Å². The lowest BCUT2D eigenvalue weighted by Gasteiger charge is -2.71. The quantitative estimate of drug-likeness (QED) is 0.232. The number of carbonyl (C=O) groups is 1. The molecule has 2 aliphatic heterocycles. The Balaban J connectivity index is 0.00000380. The number of hydrogen-bond acceptors (Lipinski definition) is 7. The molecule has 0 bridgehead atoms. The molecule has 2 saturated heterocycles. The highest BCUT2D eigenvalue weighted by atomic mass is 35.5. The smallest absolute Gasteiger partial charge is 0.171 e. The molecular weight excluding hydrogens is 498 g/mol. The van der Waals surface area contributed by atoms with Gasteiger partial charge in [-0.3, -0.25) is 4.79 Å². The fourth-order valence-corrected chi connectivity index (χ4v) is 8.42. The summed E-state index contributed by atoms with van der Waals surface area (Å²) in [6.45, 7) is 15.4. The Hall–Kier alpha value is -0.580. The maximum absolute atomic E-state index is 13.9. The van der Waals surface area contributed by atoms with Crippen molar-refractivity contribution in [2.24, 2.45) is 16.7 Å². The number of likely N-dealkylation sites (tertiary alicyclic amines) is 1. The summed E-state index contributed by atoms with van der Waals surface area (Å²) < 4.78 is 12.8. The van der Waals surface area contributed by atoms with Crippen LogP contribution in [0.3, 0.4) is 0 Å². The third-order valence-electron chi connectivity index (χ3n) is 10.3. The van der Waals surface area contributed by atoms with Crippen molar-refractivity contribution in [3.8, 4) is 0 Å². The van der Waals surface area contributed by atoms with Crippen molar-refractivity contribution in [1.29, 1.82) is 0 Å². The van der Waals surface area contributed by atoms with Gasteiger partial charge in [-0.2, -0.15) is 0 Å². The van der Waals surface area contributed by atoms with E-state index >= 15 is 0 Å². The molecule has 2 unspecified atom stereocenters. The predicted molar refractivity (Wildman–Crippen MR) is 134 cm³/mol. The monoisotopic (exact) mass is 545 g/mol. The SMILES string of the molecule is C=C[C@@]1(C)CC(=O)[C@@]2(O)[C@](C)(O1)[C@@H](OCC(O)C[NH+]1CCCCC1)[C@@H](O)C1C(C)(C)CC[C@H](O)[C@@]12C.[Cl-]. The highest BCUT2D eigenvalue weighted by Crippen LogP contribution is 2.67. The van der Waals surface area contributed by atoms with E-state index in [1.165, 1.54) is 11.3 Å². The van der Waals surface area contributed by atoms with Crippen LogP contribution in [0, 0.1) is 16.7 Å². The standard InChI is InChI=1S/C28H47NO7.ClH/c1-7-25(4)15-20(32)28(34)26(5)19(31)11-12-24(2,3)22(26)21(33)23(27(28,6)36-25)35-17-18(30)16-29-13-9-8-10-14-29;/h7,18-19,21-23,30-31,33-34H,1,8-17H2,2-6H3;1H/t18?,19-,21-,22?,23-,25-,26-,27+,28-;/m0./s1. The van der Waals surface area contributed by atoms with E-state index < -0.39 is 63.8 Å². The van der Waals surface area contributed by atoms with E-state index in [-0.39, 0.29) is 25.4 Å². The average molecular weight is 546 g/mol. The molecule has 2 saturated carbocycles. The maximum Gasteiger partial charge on any atom is 0.171 e. The van der Waals surface area contributed by atoms with Gasteiger partial charge in [0, 0.05) is 17.8 Å². The number of Topliss-reactive ketones (excluding diaryl/α,β-unsaturated/α-hetero) is 1. The van der Waals surface area contributed by atoms with Crippen LogP contribution in [0.4, 0.5) is 0 Å². The van der Waals surface area contributed by atoms with Crippen molar-refractivity contribution in [3.05, 3.63) is 12.7 Å². The Morgan fingerprint density at radius 3 is 2.38 bits per heavy atom. The Kier molecular flexibility index (Phi) is 8.73. The van der Waals surface area contributed by atoms with Gasteiger partial charge in [-0.05, 0) is 51.4 Å². The van der Waals surface area contributed by atoms with E-state index in [2.05, 4.69) is 6.58 Å². The molecule has 0 spiro atoms. The van der Waals surface area contributed by atoms with Gasteiger partial charge in [-0.15, -0.1) is 6.58 Å². The van der Waals surface area contributed by atoms with E-state index in [1.807, 2.05) is 13.8 Å². The predicted octanol–water partition coefficient (Wildman–Crippen LogP) is -2.59. The lowest BCUT2D eigenvalue weighted by molar-refractivity contribution is -0.908. The number of ketones is 1. The zero-order chi connectivity index (χ0) is 26.7. The molecule has 0 aromatic heterocycles. The van der Waals surface area contributed by atoms with Crippen LogP contribution >= 0.6 is 0 Å². The second-order valence-electron chi connectivity index (χ2n) is 13.3. The van der Waals surface area contributed by atoms with Gasteiger partial charge < -0.3 is 47.2 Å². The molecule has 2 aliphatic carbocycles. The molecule has 214 valence electrons. The molecule has 0 radical (unpaired) electrons. The lowest BCUT2D eigenvalue weighted by atomic mass is 9.40. The maximum atomic E-state index is 13.9. The number of fused-ring (bicyclic) bond motifs is 3. The number of halogens is 1. The summed E-state index contributed by atoms with van der Waals surface area (Å²) in [5.74, 6) is -1.08.